The number of methoxy groups -OCH3 is 1. The van der Waals surface area contributed by atoms with Crippen molar-refractivity contribution in [3.05, 3.63) is 29.3 Å². The second-order valence-electron chi connectivity index (χ2n) is 3.81. The highest BCUT2D eigenvalue weighted by molar-refractivity contribution is 7.99. The molecule has 1 aromatic carbocycles. The van der Waals surface area contributed by atoms with Gasteiger partial charge >= 0.3 is 11.9 Å². The number of rotatable bonds is 6. The first-order chi connectivity index (χ1) is 8.54. The Kier molecular flexibility index (Phi) is 5.71. The number of aromatic carboxylic acids is 1. The van der Waals surface area contributed by atoms with E-state index in [4.69, 9.17) is 5.11 Å². The molecule has 0 heterocycles. The summed E-state index contributed by atoms with van der Waals surface area (Å²) in [5.41, 5.74) is 1.08. The first kappa shape index (κ1) is 14.6. The van der Waals surface area contributed by atoms with Gasteiger partial charge in [0.05, 0.1) is 12.7 Å². The zero-order chi connectivity index (χ0) is 13.5. The van der Waals surface area contributed by atoms with Crippen molar-refractivity contribution in [3.8, 4) is 0 Å². The largest absolute Gasteiger partial charge is 0.478 e. The molecule has 4 nitrogen and oxygen atoms in total. The molecule has 0 saturated carbocycles. The molecule has 0 saturated heterocycles. The van der Waals surface area contributed by atoms with Crippen LogP contribution in [0.4, 0.5) is 0 Å². The number of benzene rings is 1. The van der Waals surface area contributed by atoms with Crippen LogP contribution in [0.2, 0.25) is 0 Å². The monoisotopic (exact) mass is 268 g/mol. The average Bonchev–Trinajstić information content (AvgIpc) is 2.35. The Labute approximate surface area is 110 Å². The van der Waals surface area contributed by atoms with Crippen molar-refractivity contribution in [1.29, 1.82) is 0 Å². The molecule has 0 aliphatic heterocycles. The standard InChI is InChI=1S/C13H16O4S/c1-9-5-6-10(8-11(9)13(15)16)18-7-3-4-12(14)17-2/h5-6,8H,3-4,7H2,1-2H3,(H,15,16). The van der Waals surface area contributed by atoms with E-state index >= 15 is 0 Å². The molecule has 0 radical (unpaired) electrons. The molecule has 1 rings (SSSR count). The maximum atomic E-state index is 11.0. The molecule has 0 aromatic heterocycles. The highest BCUT2D eigenvalue weighted by Gasteiger charge is 2.08. The summed E-state index contributed by atoms with van der Waals surface area (Å²) in [7, 11) is 1.37. The zero-order valence-electron chi connectivity index (χ0n) is 10.4. The number of carboxylic acid groups (broad SMARTS) is 1. The number of thioether (sulfide) groups is 1. The van der Waals surface area contributed by atoms with Crippen LogP contribution in [0.15, 0.2) is 23.1 Å². The summed E-state index contributed by atoms with van der Waals surface area (Å²) in [6.45, 7) is 1.77. The zero-order valence-corrected chi connectivity index (χ0v) is 11.3. The van der Waals surface area contributed by atoms with Gasteiger partial charge in [0.1, 0.15) is 0 Å². The number of esters is 1. The fraction of sp³-hybridized carbons (Fsp3) is 0.385. The number of carboxylic acids is 1. The third kappa shape index (κ3) is 4.41. The lowest BCUT2D eigenvalue weighted by atomic mass is 10.1. The Morgan fingerprint density at radius 3 is 2.72 bits per heavy atom. The number of carbonyl (C=O) groups excluding carboxylic acids is 1. The van der Waals surface area contributed by atoms with Crippen molar-refractivity contribution in [2.24, 2.45) is 0 Å². The van der Waals surface area contributed by atoms with Crippen LogP contribution in [0.3, 0.4) is 0 Å². The predicted molar refractivity (Wildman–Crippen MR) is 70.1 cm³/mol. The lowest BCUT2D eigenvalue weighted by Gasteiger charge is -2.05. The van der Waals surface area contributed by atoms with Crippen molar-refractivity contribution in [2.45, 2.75) is 24.7 Å². The van der Waals surface area contributed by atoms with Crippen molar-refractivity contribution >= 4 is 23.7 Å². The number of hydrogen-bond donors (Lipinski definition) is 1. The van der Waals surface area contributed by atoms with E-state index in [1.807, 2.05) is 6.07 Å². The van der Waals surface area contributed by atoms with Crippen molar-refractivity contribution in [3.63, 3.8) is 0 Å². The van der Waals surface area contributed by atoms with Gasteiger partial charge in [-0.3, -0.25) is 4.79 Å². The molecular formula is C13H16O4S. The van der Waals surface area contributed by atoms with Gasteiger partial charge in [-0.1, -0.05) is 6.07 Å². The third-order valence-corrected chi connectivity index (χ3v) is 3.54. The molecule has 0 amide bonds. The lowest BCUT2D eigenvalue weighted by molar-refractivity contribution is -0.140. The van der Waals surface area contributed by atoms with E-state index in [9.17, 15) is 9.59 Å². The molecule has 0 aliphatic rings. The Bertz CT molecular complexity index is 443. The Morgan fingerprint density at radius 1 is 1.39 bits per heavy atom. The third-order valence-electron chi connectivity index (χ3n) is 2.46. The number of aryl methyl sites for hydroxylation is 1. The fourth-order valence-electron chi connectivity index (χ4n) is 1.43. The Morgan fingerprint density at radius 2 is 2.11 bits per heavy atom. The molecule has 0 spiro atoms. The van der Waals surface area contributed by atoms with Crippen molar-refractivity contribution in [2.75, 3.05) is 12.9 Å². The van der Waals surface area contributed by atoms with Gasteiger partial charge in [-0.2, -0.15) is 0 Å². The van der Waals surface area contributed by atoms with Crippen molar-refractivity contribution in [1.82, 2.24) is 0 Å². The van der Waals surface area contributed by atoms with E-state index in [1.54, 1.807) is 30.8 Å². The van der Waals surface area contributed by atoms with Gasteiger partial charge in [0.15, 0.2) is 0 Å². The molecule has 5 heteroatoms. The minimum atomic E-state index is -0.912. The van der Waals surface area contributed by atoms with Crippen LogP contribution in [-0.4, -0.2) is 29.9 Å². The van der Waals surface area contributed by atoms with Gasteiger partial charge in [-0.05, 0) is 36.8 Å². The van der Waals surface area contributed by atoms with E-state index in [-0.39, 0.29) is 5.97 Å². The predicted octanol–water partition coefficient (Wildman–Crippen LogP) is 2.74. The van der Waals surface area contributed by atoms with E-state index in [0.29, 0.717) is 18.4 Å². The summed E-state index contributed by atoms with van der Waals surface area (Å²) >= 11 is 1.54. The SMILES string of the molecule is COC(=O)CCCSc1ccc(C)c(C(=O)O)c1. The Balaban J connectivity index is 2.50. The molecule has 0 bridgehead atoms. The molecule has 1 aromatic rings. The number of carbonyl (C=O) groups is 2. The summed E-state index contributed by atoms with van der Waals surface area (Å²) in [5.74, 6) is -0.368. The van der Waals surface area contributed by atoms with Crippen LogP contribution in [-0.2, 0) is 9.53 Å². The second kappa shape index (κ2) is 7.06. The number of ether oxygens (including phenoxy) is 1. The molecule has 0 aliphatic carbocycles. The minimum absolute atomic E-state index is 0.217. The maximum absolute atomic E-state index is 11.0. The molecule has 0 unspecified atom stereocenters. The molecular weight excluding hydrogens is 252 g/mol. The topological polar surface area (TPSA) is 63.6 Å². The quantitative estimate of drug-likeness (QED) is 0.488. The Hall–Kier alpha value is -1.49. The lowest BCUT2D eigenvalue weighted by Crippen LogP contribution is -2.01. The van der Waals surface area contributed by atoms with Crippen LogP contribution in [0.5, 0.6) is 0 Å². The van der Waals surface area contributed by atoms with Crippen LogP contribution in [0.1, 0.15) is 28.8 Å². The summed E-state index contributed by atoms with van der Waals surface area (Å²) in [5, 5.41) is 9.00. The smallest absolute Gasteiger partial charge is 0.335 e. The van der Waals surface area contributed by atoms with E-state index in [2.05, 4.69) is 4.74 Å². The maximum Gasteiger partial charge on any atom is 0.335 e. The van der Waals surface area contributed by atoms with Crippen LogP contribution >= 0.6 is 11.8 Å². The van der Waals surface area contributed by atoms with Crippen LogP contribution < -0.4 is 0 Å². The van der Waals surface area contributed by atoms with Gasteiger partial charge in [-0.25, -0.2) is 4.79 Å². The summed E-state index contributed by atoms with van der Waals surface area (Å²) in [4.78, 5) is 22.8. The first-order valence-corrected chi connectivity index (χ1v) is 6.56. The number of hydrogen-bond acceptors (Lipinski definition) is 4. The van der Waals surface area contributed by atoms with Gasteiger partial charge < -0.3 is 9.84 Å². The summed E-state index contributed by atoms with van der Waals surface area (Å²) < 4.78 is 4.54. The van der Waals surface area contributed by atoms with Crippen LogP contribution in [0, 0.1) is 6.92 Å². The molecule has 18 heavy (non-hydrogen) atoms. The highest BCUT2D eigenvalue weighted by atomic mass is 32.2. The molecule has 0 fully saturated rings. The average molecular weight is 268 g/mol. The minimum Gasteiger partial charge on any atom is -0.478 e. The van der Waals surface area contributed by atoms with Gasteiger partial charge in [0, 0.05) is 11.3 Å². The molecule has 0 atom stereocenters. The summed E-state index contributed by atoms with van der Waals surface area (Å²) in [6.07, 6.45) is 1.11. The van der Waals surface area contributed by atoms with Crippen LogP contribution in [0.25, 0.3) is 0 Å². The van der Waals surface area contributed by atoms with E-state index in [1.165, 1.54) is 7.11 Å². The molecule has 98 valence electrons. The second-order valence-corrected chi connectivity index (χ2v) is 4.98. The van der Waals surface area contributed by atoms with Gasteiger partial charge in [0.2, 0.25) is 0 Å². The fourth-order valence-corrected chi connectivity index (χ4v) is 2.32. The normalized spacial score (nSPS) is 10.1. The van der Waals surface area contributed by atoms with Crippen molar-refractivity contribution < 1.29 is 19.4 Å². The molecule has 1 N–H and O–H groups in total. The first-order valence-electron chi connectivity index (χ1n) is 5.58. The summed E-state index contributed by atoms with van der Waals surface area (Å²) in [6, 6.07) is 5.36. The highest BCUT2D eigenvalue weighted by Crippen LogP contribution is 2.22. The van der Waals surface area contributed by atoms with E-state index < -0.39 is 5.97 Å². The van der Waals surface area contributed by atoms with Gasteiger partial charge in [0.25, 0.3) is 0 Å². The van der Waals surface area contributed by atoms with E-state index in [0.717, 1.165) is 16.2 Å². The van der Waals surface area contributed by atoms with Gasteiger partial charge in [-0.15, -0.1) is 11.8 Å².